The largest absolute Gasteiger partial charge is 0.315 e. The standard InChI is InChI=1S/C13H28N2S/c1-15(2)13(8-4-5-9-13)12-14-10-6-7-11-16-3/h14H,4-12H2,1-3H3. The van der Waals surface area contributed by atoms with Crippen molar-refractivity contribution >= 4 is 11.8 Å². The van der Waals surface area contributed by atoms with Crippen molar-refractivity contribution in [1.29, 1.82) is 0 Å². The molecule has 1 fully saturated rings. The van der Waals surface area contributed by atoms with Gasteiger partial charge in [-0.25, -0.2) is 0 Å². The number of hydrogen-bond donors (Lipinski definition) is 1. The molecule has 0 aromatic carbocycles. The van der Waals surface area contributed by atoms with Crippen LogP contribution in [0.25, 0.3) is 0 Å². The second-order valence-electron chi connectivity index (χ2n) is 5.20. The molecule has 1 N–H and O–H groups in total. The van der Waals surface area contributed by atoms with Gasteiger partial charge in [-0.1, -0.05) is 12.8 Å². The van der Waals surface area contributed by atoms with Gasteiger partial charge in [0, 0.05) is 12.1 Å². The molecule has 1 aliphatic carbocycles. The van der Waals surface area contributed by atoms with Crippen LogP contribution in [0.15, 0.2) is 0 Å². The Bertz CT molecular complexity index is 177. The van der Waals surface area contributed by atoms with Gasteiger partial charge < -0.3 is 10.2 Å². The molecule has 96 valence electrons. The van der Waals surface area contributed by atoms with Crippen LogP contribution in [0, 0.1) is 0 Å². The van der Waals surface area contributed by atoms with Gasteiger partial charge in [0.15, 0.2) is 0 Å². The number of rotatable bonds is 8. The second-order valence-corrected chi connectivity index (χ2v) is 6.19. The highest BCUT2D eigenvalue weighted by molar-refractivity contribution is 7.98. The maximum absolute atomic E-state index is 3.66. The molecule has 0 saturated heterocycles. The first kappa shape index (κ1) is 14.3. The molecule has 0 aromatic heterocycles. The van der Waals surface area contributed by atoms with Crippen LogP contribution in [0.2, 0.25) is 0 Å². The lowest BCUT2D eigenvalue weighted by molar-refractivity contribution is 0.154. The monoisotopic (exact) mass is 244 g/mol. The van der Waals surface area contributed by atoms with Crippen molar-refractivity contribution < 1.29 is 0 Å². The van der Waals surface area contributed by atoms with E-state index in [0.717, 1.165) is 0 Å². The summed E-state index contributed by atoms with van der Waals surface area (Å²) in [6.45, 7) is 2.37. The van der Waals surface area contributed by atoms with E-state index in [1.165, 1.54) is 57.4 Å². The summed E-state index contributed by atoms with van der Waals surface area (Å²) in [6.07, 6.45) is 10.4. The van der Waals surface area contributed by atoms with E-state index < -0.39 is 0 Å². The van der Waals surface area contributed by atoms with E-state index in [1.807, 2.05) is 11.8 Å². The summed E-state index contributed by atoms with van der Waals surface area (Å²) in [7, 11) is 4.47. The lowest BCUT2D eigenvalue weighted by Crippen LogP contribution is -2.49. The molecule has 0 heterocycles. The quantitative estimate of drug-likeness (QED) is 0.661. The summed E-state index contributed by atoms with van der Waals surface area (Å²) in [6, 6.07) is 0. The SMILES string of the molecule is CSCCCCNCC1(N(C)C)CCCC1. The Hall–Kier alpha value is 0.270. The molecule has 0 aromatic rings. The van der Waals surface area contributed by atoms with Crippen LogP contribution >= 0.6 is 11.8 Å². The van der Waals surface area contributed by atoms with Crippen molar-refractivity contribution in [3.05, 3.63) is 0 Å². The van der Waals surface area contributed by atoms with E-state index in [1.54, 1.807) is 0 Å². The fourth-order valence-electron chi connectivity index (χ4n) is 2.63. The van der Waals surface area contributed by atoms with Crippen LogP contribution in [0.3, 0.4) is 0 Å². The number of nitrogens with one attached hydrogen (secondary N) is 1. The van der Waals surface area contributed by atoms with Crippen LogP contribution in [0.1, 0.15) is 38.5 Å². The molecule has 1 rings (SSSR count). The Labute approximate surface area is 106 Å². The molecule has 0 amide bonds. The molecular formula is C13H28N2S. The van der Waals surface area contributed by atoms with Crippen molar-refractivity contribution in [3.63, 3.8) is 0 Å². The van der Waals surface area contributed by atoms with Gasteiger partial charge in [-0.15, -0.1) is 0 Å². The topological polar surface area (TPSA) is 15.3 Å². The Kier molecular flexibility index (Phi) is 6.78. The van der Waals surface area contributed by atoms with Crippen LogP contribution in [-0.2, 0) is 0 Å². The van der Waals surface area contributed by atoms with Crippen molar-refractivity contribution in [3.8, 4) is 0 Å². The van der Waals surface area contributed by atoms with Gasteiger partial charge in [0.05, 0.1) is 0 Å². The minimum absolute atomic E-state index is 0.458. The molecule has 0 unspecified atom stereocenters. The predicted octanol–water partition coefficient (Wildman–Crippen LogP) is 2.59. The Morgan fingerprint density at radius 2 is 1.88 bits per heavy atom. The van der Waals surface area contributed by atoms with Crippen LogP contribution < -0.4 is 5.32 Å². The number of unbranched alkanes of at least 4 members (excludes halogenated alkanes) is 1. The average molecular weight is 244 g/mol. The van der Waals surface area contributed by atoms with E-state index in [2.05, 4.69) is 30.6 Å². The molecule has 16 heavy (non-hydrogen) atoms. The Morgan fingerprint density at radius 1 is 1.19 bits per heavy atom. The molecule has 2 nitrogen and oxygen atoms in total. The van der Waals surface area contributed by atoms with E-state index in [-0.39, 0.29) is 0 Å². The van der Waals surface area contributed by atoms with Gasteiger partial charge in [-0.3, -0.25) is 0 Å². The van der Waals surface area contributed by atoms with Crippen molar-refractivity contribution in [2.75, 3.05) is 39.2 Å². The summed E-state index contributed by atoms with van der Waals surface area (Å²) >= 11 is 1.95. The second kappa shape index (κ2) is 7.57. The summed E-state index contributed by atoms with van der Waals surface area (Å²) < 4.78 is 0. The Morgan fingerprint density at radius 3 is 2.44 bits per heavy atom. The first-order valence-electron chi connectivity index (χ1n) is 6.58. The molecule has 0 bridgehead atoms. The highest BCUT2D eigenvalue weighted by Crippen LogP contribution is 2.32. The third-order valence-electron chi connectivity index (χ3n) is 3.89. The zero-order chi connectivity index (χ0) is 11.9. The van der Waals surface area contributed by atoms with Gasteiger partial charge >= 0.3 is 0 Å². The normalized spacial score (nSPS) is 19.5. The molecule has 3 heteroatoms. The number of thioether (sulfide) groups is 1. The van der Waals surface area contributed by atoms with Gasteiger partial charge in [0.1, 0.15) is 0 Å². The number of nitrogens with zero attached hydrogens (tertiary/aromatic N) is 1. The minimum atomic E-state index is 0.458. The highest BCUT2D eigenvalue weighted by atomic mass is 32.2. The number of likely N-dealkylation sites (N-methyl/N-ethyl adjacent to an activating group) is 1. The molecule has 1 aliphatic rings. The van der Waals surface area contributed by atoms with Crippen molar-refractivity contribution in [1.82, 2.24) is 10.2 Å². The molecule has 0 atom stereocenters. The summed E-state index contributed by atoms with van der Waals surface area (Å²) in [5.74, 6) is 1.31. The van der Waals surface area contributed by atoms with Crippen LogP contribution in [0.4, 0.5) is 0 Å². The molecule has 0 spiro atoms. The maximum atomic E-state index is 3.66. The van der Waals surface area contributed by atoms with Crippen LogP contribution in [-0.4, -0.2) is 49.6 Å². The lowest BCUT2D eigenvalue weighted by atomic mass is 9.96. The minimum Gasteiger partial charge on any atom is -0.315 e. The number of hydrogen-bond acceptors (Lipinski definition) is 3. The van der Waals surface area contributed by atoms with Crippen LogP contribution in [0.5, 0.6) is 0 Å². The smallest absolute Gasteiger partial charge is 0.0327 e. The highest BCUT2D eigenvalue weighted by Gasteiger charge is 2.35. The van der Waals surface area contributed by atoms with Gasteiger partial charge in [-0.2, -0.15) is 11.8 Å². The summed E-state index contributed by atoms with van der Waals surface area (Å²) in [5, 5.41) is 3.66. The molecular weight excluding hydrogens is 216 g/mol. The van der Waals surface area contributed by atoms with Crippen molar-refractivity contribution in [2.45, 2.75) is 44.1 Å². The van der Waals surface area contributed by atoms with E-state index >= 15 is 0 Å². The van der Waals surface area contributed by atoms with E-state index in [4.69, 9.17) is 0 Å². The van der Waals surface area contributed by atoms with Crippen molar-refractivity contribution in [2.24, 2.45) is 0 Å². The fourth-order valence-corrected chi connectivity index (χ4v) is 3.13. The first-order valence-corrected chi connectivity index (χ1v) is 7.98. The summed E-state index contributed by atoms with van der Waals surface area (Å²) in [5.41, 5.74) is 0.458. The fraction of sp³-hybridized carbons (Fsp3) is 1.00. The maximum Gasteiger partial charge on any atom is 0.0327 e. The lowest BCUT2D eigenvalue weighted by Gasteiger charge is -2.36. The third kappa shape index (κ3) is 4.27. The Balaban J connectivity index is 2.14. The zero-order valence-corrected chi connectivity index (χ0v) is 12.0. The van der Waals surface area contributed by atoms with E-state index in [9.17, 15) is 0 Å². The molecule has 0 radical (unpaired) electrons. The third-order valence-corrected chi connectivity index (χ3v) is 4.59. The van der Waals surface area contributed by atoms with Gasteiger partial charge in [-0.05, 0) is 58.3 Å². The molecule has 1 saturated carbocycles. The summed E-state index contributed by atoms with van der Waals surface area (Å²) in [4.78, 5) is 2.44. The molecule has 0 aliphatic heterocycles. The van der Waals surface area contributed by atoms with E-state index in [0.29, 0.717) is 5.54 Å². The average Bonchev–Trinajstić information content (AvgIpc) is 2.73. The van der Waals surface area contributed by atoms with Gasteiger partial charge in [0.2, 0.25) is 0 Å². The first-order chi connectivity index (χ1) is 7.71. The predicted molar refractivity (Wildman–Crippen MR) is 75.4 cm³/mol. The zero-order valence-electron chi connectivity index (χ0n) is 11.2. The van der Waals surface area contributed by atoms with Gasteiger partial charge in [0.25, 0.3) is 0 Å².